The zero-order valence-electron chi connectivity index (χ0n) is 20.7. The number of likely N-dealkylation sites (N-methyl/N-ethyl adjacent to an activating group) is 1. The lowest BCUT2D eigenvalue weighted by Gasteiger charge is -2.49. The van der Waals surface area contributed by atoms with Gasteiger partial charge in [-0.1, -0.05) is 47.5 Å². The van der Waals surface area contributed by atoms with Crippen LogP contribution in [0.4, 0.5) is 11.8 Å². The molecule has 8 rings (SSSR count). The third-order valence-corrected chi connectivity index (χ3v) is 8.73. The maximum absolute atomic E-state index is 10.5. The number of fused-ring (bicyclic) bond motifs is 4. The van der Waals surface area contributed by atoms with Crippen LogP contribution in [-0.2, 0) is 0 Å². The predicted octanol–water partition coefficient (Wildman–Crippen LogP) is 4.76. The summed E-state index contributed by atoms with van der Waals surface area (Å²) in [4.78, 5) is 16.9. The Hall–Kier alpha value is -2.84. The first kappa shape index (κ1) is 23.3. The Morgan fingerprint density at radius 2 is 1.68 bits per heavy atom. The predicted molar refractivity (Wildman–Crippen MR) is 151 cm³/mol. The molecule has 2 bridgehead atoms. The molecule has 7 nitrogen and oxygen atoms in total. The molecule has 3 aromatic carbocycles. The molecule has 190 valence electrons. The third kappa shape index (κ3) is 3.79. The van der Waals surface area contributed by atoms with Crippen molar-refractivity contribution in [2.45, 2.75) is 24.5 Å². The average Bonchev–Trinajstić information content (AvgIpc) is 2.82. The van der Waals surface area contributed by atoms with E-state index in [2.05, 4.69) is 34.1 Å². The minimum Gasteiger partial charge on any atom is -0.508 e. The number of aromatic nitrogens is 2. The highest BCUT2D eigenvalue weighted by molar-refractivity contribution is 6.43. The zero-order chi connectivity index (χ0) is 25.4. The van der Waals surface area contributed by atoms with E-state index in [-0.39, 0.29) is 5.75 Å². The van der Waals surface area contributed by atoms with Gasteiger partial charge >= 0.3 is 0 Å². The summed E-state index contributed by atoms with van der Waals surface area (Å²) in [6.07, 6.45) is 1.21. The van der Waals surface area contributed by atoms with Crippen LogP contribution < -0.4 is 15.1 Å². The van der Waals surface area contributed by atoms with E-state index in [0.29, 0.717) is 45.2 Å². The molecule has 2 N–H and O–H groups in total. The van der Waals surface area contributed by atoms with Crippen LogP contribution in [0.1, 0.15) is 6.42 Å². The first-order valence-electron chi connectivity index (χ1n) is 12.7. The van der Waals surface area contributed by atoms with Crippen LogP contribution in [-0.4, -0.2) is 78.4 Å². The Morgan fingerprint density at radius 3 is 2.41 bits per heavy atom. The number of nitrogens with one attached hydrogen (secondary N) is 1. The summed E-state index contributed by atoms with van der Waals surface area (Å²) in [6.45, 7) is 3.55. The molecule has 0 aliphatic carbocycles. The van der Waals surface area contributed by atoms with Gasteiger partial charge in [0.25, 0.3) is 0 Å². The average molecular weight is 535 g/mol. The van der Waals surface area contributed by atoms with Crippen LogP contribution in [0, 0.1) is 0 Å². The summed E-state index contributed by atoms with van der Waals surface area (Å²) in [6, 6.07) is 14.8. The van der Waals surface area contributed by atoms with Crippen molar-refractivity contribution in [3.8, 4) is 16.9 Å². The van der Waals surface area contributed by atoms with E-state index in [9.17, 15) is 5.11 Å². The van der Waals surface area contributed by atoms with Crippen LogP contribution in [0.2, 0.25) is 10.0 Å². The molecule has 4 aliphatic rings. The van der Waals surface area contributed by atoms with Crippen LogP contribution in [0.15, 0.2) is 42.5 Å². The number of rotatable bonds is 4. The van der Waals surface area contributed by atoms with Crippen LogP contribution >= 0.6 is 23.2 Å². The molecule has 9 heteroatoms. The van der Waals surface area contributed by atoms with E-state index in [4.69, 9.17) is 33.2 Å². The van der Waals surface area contributed by atoms with Crippen LogP contribution in [0.5, 0.6) is 5.75 Å². The fourth-order valence-electron chi connectivity index (χ4n) is 5.93. The van der Waals surface area contributed by atoms with Crippen molar-refractivity contribution in [2.24, 2.45) is 0 Å². The number of hydrogen-bond donors (Lipinski definition) is 2. The molecule has 0 spiro atoms. The van der Waals surface area contributed by atoms with Crippen LogP contribution in [0.25, 0.3) is 32.8 Å². The third-order valence-electron chi connectivity index (χ3n) is 8.06. The van der Waals surface area contributed by atoms with Crippen molar-refractivity contribution < 1.29 is 5.11 Å². The molecule has 4 aliphatic heterocycles. The van der Waals surface area contributed by atoms with E-state index < -0.39 is 0 Å². The van der Waals surface area contributed by atoms with Gasteiger partial charge in [-0.3, -0.25) is 0 Å². The summed E-state index contributed by atoms with van der Waals surface area (Å²) < 4.78 is 0. The number of nitrogens with zero attached hydrogens (tertiary/aromatic N) is 5. The molecule has 37 heavy (non-hydrogen) atoms. The van der Waals surface area contributed by atoms with Gasteiger partial charge < -0.3 is 25.1 Å². The molecule has 4 saturated heterocycles. The molecule has 2 unspecified atom stereocenters. The topological polar surface area (TPSA) is 67.8 Å². The summed E-state index contributed by atoms with van der Waals surface area (Å²) in [7, 11) is 4.21. The van der Waals surface area contributed by atoms with Gasteiger partial charge in [0.15, 0.2) is 0 Å². The second kappa shape index (κ2) is 8.60. The van der Waals surface area contributed by atoms with E-state index in [1.807, 2.05) is 30.3 Å². The minimum atomic E-state index is 0.167. The lowest BCUT2D eigenvalue weighted by Crippen LogP contribution is -2.67. The Labute approximate surface area is 225 Å². The number of halogens is 2. The van der Waals surface area contributed by atoms with Crippen molar-refractivity contribution in [1.29, 1.82) is 0 Å². The Morgan fingerprint density at radius 1 is 0.946 bits per heavy atom. The number of phenolic OH excluding ortho intramolecular Hbond substituents is 1. The van der Waals surface area contributed by atoms with Gasteiger partial charge in [0.2, 0.25) is 5.95 Å². The monoisotopic (exact) mass is 534 g/mol. The van der Waals surface area contributed by atoms with Gasteiger partial charge in [-0.15, -0.1) is 0 Å². The quantitative estimate of drug-likeness (QED) is 0.391. The smallest absolute Gasteiger partial charge is 0.228 e. The van der Waals surface area contributed by atoms with E-state index in [1.54, 1.807) is 12.1 Å². The van der Waals surface area contributed by atoms with Gasteiger partial charge in [0.1, 0.15) is 11.6 Å². The second-order valence-corrected chi connectivity index (χ2v) is 11.5. The highest BCUT2D eigenvalue weighted by Gasteiger charge is 2.38. The zero-order valence-corrected chi connectivity index (χ0v) is 22.3. The molecule has 0 saturated carbocycles. The Bertz CT molecular complexity index is 1540. The van der Waals surface area contributed by atoms with Gasteiger partial charge in [0.05, 0.1) is 15.6 Å². The molecule has 5 heterocycles. The molecule has 4 fully saturated rings. The highest BCUT2D eigenvalue weighted by Crippen LogP contribution is 2.46. The largest absolute Gasteiger partial charge is 0.508 e. The second-order valence-electron chi connectivity index (χ2n) is 10.7. The first-order valence-corrected chi connectivity index (χ1v) is 13.5. The fraction of sp³-hybridized carbons (Fsp3) is 0.357. The van der Waals surface area contributed by atoms with Crippen molar-refractivity contribution in [1.82, 2.24) is 20.2 Å². The molecule has 2 atom stereocenters. The van der Waals surface area contributed by atoms with Crippen molar-refractivity contribution in [3.05, 3.63) is 52.5 Å². The maximum Gasteiger partial charge on any atom is 0.228 e. The number of phenols is 1. The van der Waals surface area contributed by atoms with Gasteiger partial charge in [-0.2, -0.15) is 4.98 Å². The molecule has 4 aromatic rings. The van der Waals surface area contributed by atoms with E-state index in [0.717, 1.165) is 53.7 Å². The standard InChI is InChI=1S/C28H28Cl2N6O/c1-34(2)18-13-36(14-18)28-32-26-22(27(33-28)35-11-16-8-17(12-35)31-16)10-23(29)24(25(26)30)21-9-19(37)7-15-5-3-4-6-20(15)21/h3-7,9-10,16-18,31,37H,8,11-14H2,1-2H3. The normalized spacial score (nSPS) is 21.5. The van der Waals surface area contributed by atoms with E-state index in [1.165, 1.54) is 6.42 Å². The summed E-state index contributed by atoms with van der Waals surface area (Å²) in [5.41, 5.74) is 2.15. The summed E-state index contributed by atoms with van der Waals surface area (Å²) >= 11 is 14.2. The van der Waals surface area contributed by atoms with E-state index >= 15 is 0 Å². The van der Waals surface area contributed by atoms with Crippen molar-refractivity contribution >= 4 is 56.6 Å². The SMILES string of the molecule is CN(C)C1CN(c2nc(N3CC4CC(C3)N4)c3cc(Cl)c(-c4cc(O)cc5ccccc45)c(Cl)c3n2)C1. The lowest BCUT2D eigenvalue weighted by molar-refractivity contribution is 0.225. The lowest BCUT2D eigenvalue weighted by atomic mass is 9.91. The Kier molecular flexibility index (Phi) is 5.41. The van der Waals surface area contributed by atoms with Crippen molar-refractivity contribution in [3.63, 3.8) is 0 Å². The summed E-state index contributed by atoms with van der Waals surface area (Å²) in [5, 5.41) is 17.9. The fourth-order valence-corrected chi connectivity index (χ4v) is 6.63. The summed E-state index contributed by atoms with van der Waals surface area (Å²) in [5.74, 6) is 1.75. The molecule has 0 radical (unpaired) electrons. The van der Waals surface area contributed by atoms with Crippen LogP contribution in [0.3, 0.4) is 0 Å². The number of hydrogen-bond acceptors (Lipinski definition) is 7. The molecular formula is C28H28Cl2N6O. The molecule has 1 aromatic heterocycles. The van der Waals surface area contributed by atoms with Gasteiger partial charge in [-0.05, 0) is 55.1 Å². The molecular weight excluding hydrogens is 507 g/mol. The number of aromatic hydroxyl groups is 1. The number of anilines is 2. The highest BCUT2D eigenvalue weighted by atomic mass is 35.5. The van der Waals surface area contributed by atoms with Crippen molar-refractivity contribution in [2.75, 3.05) is 50.1 Å². The Balaban J connectivity index is 1.43. The maximum atomic E-state index is 10.5. The van der Waals surface area contributed by atoms with Gasteiger partial charge in [0, 0.05) is 55.3 Å². The van der Waals surface area contributed by atoms with Gasteiger partial charge in [-0.25, -0.2) is 4.98 Å². The first-order chi connectivity index (χ1) is 17.9. The number of benzene rings is 3. The molecule has 0 amide bonds. The minimum absolute atomic E-state index is 0.167. The number of piperidine rings is 1. The number of piperazine rings is 1.